The summed E-state index contributed by atoms with van der Waals surface area (Å²) in [6.07, 6.45) is 2.14. The summed E-state index contributed by atoms with van der Waals surface area (Å²) in [5.74, 6) is 0. The molecule has 0 aliphatic rings. The van der Waals surface area contributed by atoms with Gasteiger partial charge in [0.1, 0.15) is 0 Å². The molecular weight excluding hydrogens is 743 g/mol. The molecule has 0 aromatic heterocycles. The summed E-state index contributed by atoms with van der Waals surface area (Å²) in [5.41, 5.74) is 14.4. The maximum absolute atomic E-state index is 4.93. The first-order chi connectivity index (χ1) is 23.7. The van der Waals surface area contributed by atoms with Crippen LogP contribution >= 0.6 is 17.0 Å². The number of aryl methyl sites for hydroxylation is 4. The van der Waals surface area contributed by atoms with Crippen LogP contribution in [-0.4, -0.2) is 9.52 Å². The second-order valence-electron chi connectivity index (χ2n) is 15.1. The quantitative estimate of drug-likeness (QED) is 0.123. The number of rotatable bonds is 4. The van der Waals surface area contributed by atoms with Gasteiger partial charge >= 0.3 is 37.9 Å². The first kappa shape index (κ1) is 42.2. The standard InChI is InChI=1S/2C22H25.C2H6Si.2ClH.Zr/c2*1-6-16-9-7-8-10-19(16)21-15(2)11-12-17-13-18(14-20(17)21)22(3,4)5;1-3-2;;;/h2*7-14H,6H2,1-5H3;1-2H3;2*1H;/q2*-1;;;;+4/p-2. The number of fused-ring (bicyclic) bond motifs is 2. The van der Waals surface area contributed by atoms with Gasteiger partial charge in [0.05, 0.1) is 0 Å². The summed E-state index contributed by atoms with van der Waals surface area (Å²) < 4.78 is 0. The van der Waals surface area contributed by atoms with Gasteiger partial charge in [-0.05, 0) is 59.8 Å². The second kappa shape index (κ2) is 19.0. The van der Waals surface area contributed by atoms with Gasteiger partial charge in [-0.3, -0.25) is 0 Å². The Bertz CT molecular complexity index is 1820. The summed E-state index contributed by atoms with van der Waals surface area (Å²) in [4.78, 5) is 0. The molecule has 0 unspecified atom stereocenters. The Morgan fingerprint density at radius 2 is 0.900 bits per heavy atom. The first-order valence-corrected chi connectivity index (χ1v) is 26.1. The fraction of sp³-hybridized carbons (Fsp3) is 0.348. The molecule has 0 nitrogen and oxygen atoms in total. The van der Waals surface area contributed by atoms with E-state index in [0.717, 1.165) is 22.4 Å². The maximum atomic E-state index is 4.93. The van der Waals surface area contributed by atoms with E-state index in [1.807, 2.05) is 0 Å². The molecule has 0 bridgehead atoms. The van der Waals surface area contributed by atoms with E-state index in [2.05, 4.69) is 179 Å². The molecule has 0 atom stereocenters. The van der Waals surface area contributed by atoms with Gasteiger partial charge in [-0.2, -0.15) is 12.1 Å². The minimum absolute atomic E-state index is 0.189. The van der Waals surface area contributed by atoms with Crippen LogP contribution in [0.1, 0.15) is 88.8 Å². The van der Waals surface area contributed by atoms with Crippen molar-refractivity contribution in [2.45, 2.75) is 106 Å². The van der Waals surface area contributed by atoms with Gasteiger partial charge in [-0.25, -0.2) is 0 Å². The monoisotopic (exact) mass is 796 g/mol. The summed E-state index contributed by atoms with van der Waals surface area (Å²) in [7, 11) is 11.0. The Kier molecular flexibility index (Phi) is 16.1. The number of halogens is 2. The van der Waals surface area contributed by atoms with Gasteiger partial charge in [0.25, 0.3) is 0 Å². The third kappa shape index (κ3) is 10.4. The normalized spacial score (nSPS) is 11.2. The van der Waals surface area contributed by atoms with Crippen molar-refractivity contribution in [3.8, 4) is 22.3 Å². The zero-order valence-electron chi connectivity index (χ0n) is 32.4. The van der Waals surface area contributed by atoms with Crippen molar-refractivity contribution in [3.63, 3.8) is 0 Å². The topological polar surface area (TPSA) is 0 Å². The molecule has 0 spiro atoms. The van der Waals surface area contributed by atoms with E-state index in [1.165, 1.54) is 77.2 Å². The molecule has 0 fully saturated rings. The van der Waals surface area contributed by atoms with Crippen molar-refractivity contribution in [1.82, 2.24) is 0 Å². The van der Waals surface area contributed by atoms with Crippen molar-refractivity contribution in [3.05, 3.63) is 130 Å². The SMILES string of the molecule is CCc1ccccc1-c1c(C)ccc2[cH-]c(C(C)(C)C)cc12.CCc1ccccc1-c1c(C)ccc2[cH-]c(C(C)(C)C)cc12.C[Si]C.[Cl][Zr+2][Cl]. The Morgan fingerprint density at radius 3 is 1.20 bits per heavy atom. The summed E-state index contributed by atoms with van der Waals surface area (Å²) in [6.45, 7) is 26.9. The Hall–Kier alpha value is -2.22. The van der Waals surface area contributed by atoms with Gasteiger partial charge < -0.3 is 0 Å². The van der Waals surface area contributed by atoms with Crippen LogP contribution < -0.4 is 0 Å². The molecule has 0 aliphatic heterocycles. The average molecular weight is 799 g/mol. The van der Waals surface area contributed by atoms with Crippen LogP contribution in [0.4, 0.5) is 0 Å². The molecule has 0 saturated carbocycles. The van der Waals surface area contributed by atoms with Gasteiger partial charge in [0.15, 0.2) is 0 Å². The molecule has 0 saturated heterocycles. The van der Waals surface area contributed by atoms with Crippen molar-refractivity contribution in [2.75, 3.05) is 0 Å². The molecule has 0 heterocycles. The predicted octanol–water partition coefficient (Wildman–Crippen LogP) is 15.0. The van der Waals surface area contributed by atoms with E-state index in [0.29, 0.717) is 0 Å². The molecule has 4 heteroatoms. The molecular formula is C46H56Cl2SiZr. The zero-order valence-corrected chi connectivity index (χ0v) is 37.4. The number of benzene rings is 4. The number of hydrogen-bond acceptors (Lipinski definition) is 0. The molecule has 6 rings (SSSR count). The van der Waals surface area contributed by atoms with E-state index >= 15 is 0 Å². The van der Waals surface area contributed by atoms with E-state index in [4.69, 9.17) is 17.0 Å². The molecule has 0 N–H and O–H groups in total. The van der Waals surface area contributed by atoms with E-state index in [9.17, 15) is 0 Å². The van der Waals surface area contributed by atoms with Crippen LogP contribution in [0.2, 0.25) is 13.1 Å². The molecule has 6 aromatic rings. The molecule has 2 radical (unpaired) electrons. The Morgan fingerprint density at radius 1 is 0.580 bits per heavy atom. The van der Waals surface area contributed by atoms with E-state index in [-0.39, 0.29) is 10.8 Å². The number of hydrogen-bond donors (Lipinski definition) is 0. The van der Waals surface area contributed by atoms with Crippen LogP contribution in [-0.2, 0) is 44.5 Å². The first-order valence-electron chi connectivity index (χ1n) is 17.8. The molecule has 50 heavy (non-hydrogen) atoms. The summed E-state index contributed by atoms with van der Waals surface area (Å²) in [5, 5.41) is 5.50. The van der Waals surface area contributed by atoms with Gasteiger partial charge in [-0.1, -0.05) is 139 Å². The van der Waals surface area contributed by atoms with Crippen LogP contribution in [0.15, 0.2) is 97.1 Å². The fourth-order valence-corrected chi connectivity index (χ4v) is 6.51. The average Bonchev–Trinajstić information content (AvgIpc) is 3.71. The van der Waals surface area contributed by atoms with E-state index in [1.54, 1.807) is 0 Å². The van der Waals surface area contributed by atoms with Crippen LogP contribution in [0, 0.1) is 13.8 Å². The van der Waals surface area contributed by atoms with E-state index < -0.39 is 20.8 Å². The Balaban J connectivity index is 0.000000234. The second-order valence-corrected chi connectivity index (χ2v) is 19.8. The third-order valence-corrected chi connectivity index (χ3v) is 9.26. The molecule has 0 amide bonds. The van der Waals surface area contributed by atoms with Gasteiger partial charge in [-0.15, -0.1) is 69.1 Å². The van der Waals surface area contributed by atoms with Crippen LogP contribution in [0.5, 0.6) is 0 Å². The van der Waals surface area contributed by atoms with Crippen molar-refractivity contribution in [1.29, 1.82) is 0 Å². The summed E-state index contributed by atoms with van der Waals surface area (Å²) >= 11 is -0.826. The third-order valence-electron chi connectivity index (χ3n) is 9.26. The molecule has 262 valence electrons. The summed E-state index contributed by atoms with van der Waals surface area (Å²) in [6, 6.07) is 36.2. The fourth-order valence-electron chi connectivity index (χ4n) is 6.51. The van der Waals surface area contributed by atoms with Crippen LogP contribution in [0.3, 0.4) is 0 Å². The zero-order chi connectivity index (χ0) is 37.2. The van der Waals surface area contributed by atoms with Crippen molar-refractivity contribution in [2.24, 2.45) is 0 Å². The Labute approximate surface area is 325 Å². The van der Waals surface area contributed by atoms with Crippen molar-refractivity contribution < 1.29 is 20.8 Å². The minimum atomic E-state index is -0.826. The van der Waals surface area contributed by atoms with Crippen molar-refractivity contribution >= 4 is 48.1 Å². The van der Waals surface area contributed by atoms with Gasteiger partial charge in [0, 0.05) is 9.52 Å². The predicted molar refractivity (Wildman–Crippen MR) is 225 cm³/mol. The molecule has 0 aliphatic carbocycles. The van der Waals surface area contributed by atoms with Crippen LogP contribution in [0.25, 0.3) is 43.8 Å². The molecule has 6 aromatic carbocycles. The van der Waals surface area contributed by atoms with Gasteiger partial charge in [0.2, 0.25) is 0 Å².